The number of rotatable bonds is 5. The number of aromatic nitrogens is 1. The Hall–Kier alpha value is -1.53. The molecule has 2 aliphatic heterocycles. The van der Waals surface area contributed by atoms with E-state index in [1.165, 1.54) is 18.4 Å². The predicted octanol–water partition coefficient (Wildman–Crippen LogP) is 4.73. The molecular weight excluding hydrogens is 418 g/mol. The molecule has 2 saturated heterocycles. The van der Waals surface area contributed by atoms with Gasteiger partial charge >= 0.3 is 0 Å². The molecule has 0 radical (unpaired) electrons. The van der Waals surface area contributed by atoms with E-state index in [2.05, 4.69) is 47.7 Å². The van der Waals surface area contributed by atoms with E-state index in [-0.39, 0.29) is 11.5 Å². The molecule has 0 bridgehead atoms. The van der Waals surface area contributed by atoms with Crippen LogP contribution in [0.15, 0.2) is 24.4 Å². The summed E-state index contributed by atoms with van der Waals surface area (Å²) in [5.74, 6) is 4.01. The first-order valence-electron chi connectivity index (χ1n) is 12.3. The van der Waals surface area contributed by atoms with Gasteiger partial charge in [0.1, 0.15) is 0 Å². The van der Waals surface area contributed by atoms with Crippen LogP contribution in [-0.4, -0.2) is 70.5 Å². The summed E-state index contributed by atoms with van der Waals surface area (Å²) in [5, 5.41) is 0. The van der Waals surface area contributed by atoms with E-state index < -0.39 is 0 Å². The van der Waals surface area contributed by atoms with Gasteiger partial charge in [-0.25, -0.2) is 4.98 Å². The number of pyridine rings is 1. The molecule has 4 rings (SSSR count). The maximum absolute atomic E-state index is 12.8. The van der Waals surface area contributed by atoms with Crippen LogP contribution in [0.3, 0.4) is 0 Å². The van der Waals surface area contributed by atoms with Crippen LogP contribution in [0, 0.1) is 11.8 Å². The molecule has 3 aliphatic rings. The fraction of sp³-hybridized carbons (Fsp3) is 0.692. The van der Waals surface area contributed by atoms with Gasteiger partial charge in [-0.2, -0.15) is 11.8 Å². The fourth-order valence-corrected chi connectivity index (χ4v) is 5.89. The predicted molar refractivity (Wildman–Crippen MR) is 133 cm³/mol. The molecule has 6 heteroatoms. The highest BCUT2D eigenvalue weighted by Crippen LogP contribution is 2.32. The molecular formula is C26H39N3O2S. The molecule has 1 unspecified atom stereocenters. The second-order valence-electron chi connectivity index (χ2n) is 10.4. The highest BCUT2D eigenvalue weighted by Gasteiger charge is 2.28. The summed E-state index contributed by atoms with van der Waals surface area (Å²) < 4.78 is 6.02. The molecule has 0 saturated carbocycles. The highest BCUT2D eigenvalue weighted by atomic mass is 32.2. The van der Waals surface area contributed by atoms with E-state index in [1.54, 1.807) is 0 Å². The summed E-state index contributed by atoms with van der Waals surface area (Å²) >= 11 is 1.95. The molecule has 32 heavy (non-hydrogen) atoms. The van der Waals surface area contributed by atoms with Crippen LogP contribution in [0.25, 0.3) is 5.57 Å². The molecule has 1 aliphatic carbocycles. The van der Waals surface area contributed by atoms with Gasteiger partial charge in [0.2, 0.25) is 11.8 Å². The van der Waals surface area contributed by atoms with Gasteiger partial charge in [0.15, 0.2) is 0 Å². The molecule has 5 nitrogen and oxygen atoms in total. The van der Waals surface area contributed by atoms with Crippen molar-refractivity contribution in [3.05, 3.63) is 30.0 Å². The first kappa shape index (κ1) is 23.6. The first-order chi connectivity index (χ1) is 15.4. The summed E-state index contributed by atoms with van der Waals surface area (Å²) in [7, 11) is 0. The van der Waals surface area contributed by atoms with Gasteiger partial charge in [-0.3, -0.25) is 9.69 Å². The SMILES string of the molecule is CC(C)(C)N1CCC(COc2ccc(C3=CCC(C(=O)N4CCSCC4)CC3)cn2)CC1. The van der Waals surface area contributed by atoms with Crippen LogP contribution in [0.5, 0.6) is 5.88 Å². The van der Waals surface area contributed by atoms with Crippen molar-refractivity contribution in [1.82, 2.24) is 14.8 Å². The maximum atomic E-state index is 12.8. The molecule has 3 heterocycles. The Labute approximate surface area is 198 Å². The van der Waals surface area contributed by atoms with Gasteiger partial charge in [-0.15, -0.1) is 0 Å². The molecule has 1 atom stereocenters. The van der Waals surface area contributed by atoms with Crippen LogP contribution in [0.1, 0.15) is 58.4 Å². The zero-order chi connectivity index (χ0) is 22.6. The van der Waals surface area contributed by atoms with Gasteiger partial charge in [0.25, 0.3) is 0 Å². The van der Waals surface area contributed by atoms with E-state index in [9.17, 15) is 4.79 Å². The third-order valence-corrected chi connectivity index (χ3v) is 8.16. The lowest BCUT2D eigenvalue weighted by atomic mass is 9.86. The maximum Gasteiger partial charge on any atom is 0.226 e. The van der Waals surface area contributed by atoms with Crippen molar-refractivity contribution in [2.24, 2.45) is 11.8 Å². The Kier molecular flexibility index (Phi) is 7.83. The Bertz CT molecular complexity index is 788. The minimum Gasteiger partial charge on any atom is -0.477 e. The Morgan fingerprint density at radius 2 is 1.88 bits per heavy atom. The standard InChI is InChI=1S/C26H39N3O2S/c1-26(2,3)29-12-10-20(11-13-29)19-31-24-9-8-23(18-27-24)21-4-6-22(7-5-21)25(30)28-14-16-32-17-15-28/h4,8-9,18,20,22H,5-7,10-17,19H2,1-3H3. The van der Waals surface area contributed by atoms with Crippen LogP contribution >= 0.6 is 11.8 Å². The van der Waals surface area contributed by atoms with Crippen molar-refractivity contribution in [3.8, 4) is 5.88 Å². The summed E-state index contributed by atoms with van der Waals surface area (Å²) in [6.07, 6.45) is 9.33. The molecule has 0 aromatic carbocycles. The van der Waals surface area contributed by atoms with Crippen molar-refractivity contribution in [3.63, 3.8) is 0 Å². The Balaban J connectivity index is 1.23. The third-order valence-electron chi connectivity index (χ3n) is 7.22. The number of allylic oxidation sites excluding steroid dienone is 2. The monoisotopic (exact) mass is 457 g/mol. The minimum absolute atomic E-state index is 0.155. The van der Waals surface area contributed by atoms with E-state index in [0.29, 0.717) is 11.8 Å². The molecule has 0 spiro atoms. The van der Waals surface area contributed by atoms with Crippen LogP contribution in [0.4, 0.5) is 0 Å². The largest absolute Gasteiger partial charge is 0.477 e. The average molecular weight is 458 g/mol. The number of thioether (sulfide) groups is 1. The van der Waals surface area contributed by atoms with Gasteiger partial charge in [0.05, 0.1) is 6.61 Å². The van der Waals surface area contributed by atoms with Gasteiger partial charge in [-0.1, -0.05) is 6.08 Å². The summed E-state index contributed by atoms with van der Waals surface area (Å²) in [6, 6.07) is 4.13. The van der Waals surface area contributed by atoms with Crippen molar-refractivity contribution >= 4 is 23.2 Å². The van der Waals surface area contributed by atoms with Crippen molar-refractivity contribution in [2.45, 2.75) is 58.4 Å². The first-order valence-corrected chi connectivity index (χ1v) is 13.5. The number of amides is 1. The number of hydrogen-bond acceptors (Lipinski definition) is 5. The molecule has 0 N–H and O–H groups in total. The van der Waals surface area contributed by atoms with E-state index in [4.69, 9.17) is 4.74 Å². The zero-order valence-electron chi connectivity index (χ0n) is 20.0. The normalized spacial score (nSPS) is 23.7. The smallest absolute Gasteiger partial charge is 0.226 e. The van der Waals surface area contributed by atoms with Gasteiger partial charge < -0.3 is 9.64 Å². The fourth-order valence-electron chi connectivity index (χ4n) is 4.99. The third kappa shape index (κ3) is 6.07. The van der Waals surface area contributed by atoms with Gasteiger partial charge in [0, 0.05) is 48.3 Å². The van der Waals surface area contributed by atoms with Crippen molar-refractivity contribution < 1.29 is 9.53 Å². The van der Waals surface area contributed by atoms with Crippen LogP contribution < -0.4 is 4.74 Å². The molecule has 1 aromatic rings. The molecule has 176 valence electrons. The average Bonchev–Trinajstić information content (AvgIpc) is 2.83. The van der Waals surface area contributed by atoms with Crippen molar-refractivity contribution in [1.29, 1.82) is 0 Å². The van der Waals surface area contributed by atoms with E-state index >= 15 is 0 Å². The van der Waals surface area contributed by atoms with E-state index in [1.807, 2.05) is 24.0 Å². The quantitative estimate of drug-likeness (QED) is 0.640. The lowest BCUT2D eigenvalue weighted by Gasteiger charge is -2.40. The second kappa shape index (κ2) is 10.6. The van der Waals surface area contributed by atoms with Crippen LogP contribution in [0.2, 0.25) is 0 Å². The second-order valence-corrected chi connectivity index (χ2v) is 11.7. The molecule has 1 aromatic heterocycles. The number of ether oxygens (including phenoxy) is 1. The highest BCUT2D eigenvalue weighted by molar-refractivity contribution is 7.99. The van der Waals surface area contributed by atoms with E-state index in [0.717, 1.165) is 75.0 Å². The molecule has 1 amide bonds. The lowest BCUT2D eigenvalue weighted by Crippen LogP contribution is -2.46. The Morgan fingerprint density at radius 1 is 1.12 bits per heavy atom. The number of nitrogens with zero attached hydrogens (tertiary/aromatic N) is 3. The number of carbonyl (C=O) groups is 1. The van der Waals surface area contributed by atoms with Crippen molar-refractivity contribution in [2.75, 3.05) is 44.3 Å². The zero-order valence-corrected chi connectivity index (χ0v) is 20.8. The summed E-state index contributed by atoms with van der Waals surface area (Å²) in [6.45, 7) is 11.8. The number of hydrogen-bond donors (Lipinski definition) is 0. The number of likely N-dealkylation sites (tertiary alicyclic amines) is 1. The number of carbonyl (C=O) groups excluding carboxylic acids is 1. The topological polar surface area (TPSA) is 45.7 Å². The molecule has 2 fully saturated rings. The summed E-state index contributed by atoms with van der Waals surface area (Å²) in [5.41, 5.74) is 2.74. The van der Waals surface area contributed by atoms with Crippen LogP contribution in [-0.2, 0) is 4.79 Å². The van der Waals surface area contributed by atoms with Gasteiger partial charge in [-0.05, 0) is 89.1 Å². The lowest BCUT2D eigenvalue weighted by molar-refractivity contribution is -0.135. The number of piperidine rings is 1. The Morgan fingerprint density at radius 3 is 2.47 bits per heavy atom. The summed E-state index contributed by atoms with van der Waals surface area (Å²) in [4.78, 5) is 22.0. The minimum atomic E-state index is 0.155.